The van der Waals surface area contributed by atoms with E-state index in [1.54, 1.807) is 11.7 Å². The number of nitrogens with zero attached hydrogens (tertiary/aromatic N) is 3. The molecular weight excluding hydrogens is 291 g/mol. The fraction of sp³-hybridized carbons (Fsp3) is 0.200. The summed E-state index contributed by atoms with van der Waals surface area (Å²) < 4.78 is 2.28. The molecule has 0 spiro atoms. The number of aryl methyl sites for hydroxylation is 1. The molecule has 0 radical (unpaired) electrons. The van der Waals surface area contributed by atoms with Crippen molar-refractivity contribution in [2.45, 2.75) is 6.04 Å². The van der Waals surface area contributed by atoms with Crippen molar-refractivity contribution in [2.75, 3.05) is 0 Å². The van der Waals surface area contributed by atoms with E-state index in [-0.39, 0.29) is 6.04 Å². The van der Waals surface area contributed by atoms with E-state index >= 15 is 0 Å². The van der Waals surface area contributed by atoms with Gasteiger partial charge in [0.1, 0.15) is 0 Å². The minimum atomic E-state index is -0.344. The maximum Gasteiger partial charge on any atom is 0.153 e. The number of nitrogens with two attached hydrogens (primary N) is 1. The number of rotatable bonds is 2. The molecule has 0 aliphatic rings. The van der Waals surface area contributed by atoms with Gasteiger partial charge in [0.05, 0.1) is 11.7 Å². The van der Waals surface area contributed by atoms with Gasteiger partial charge in [-0.1, -0.05) is 35.0 Å². The normalized spacial score (nSPS) is 12.8. The highest BCUT2D eigenvalue weighted by molar-refractivity contribution is 9.10. The molecule has 1 aromatic heterocycles. The summed E-state index contributed by atoms with van der Waals surface area (Å²) in [6.07, 6.45) is 0. The molecule has 0 saturated carbocycles. The molecule has 2 rings (SSSR count). The first-order valence-electron chi connectivity index (χ1n) is 4.66. The van der Waals surface area contributed by atoms with E-state index in [4.69, 9.17) is 17.3 Å². The quantitative estimate of drug-likeness (QED) is 0.926. The van der Waals surface area contributed by atoms with Crippen LogP contribution in [0.4, 0.5) is 0 Å². The molecule has 2 aromatic rings. The molecule has 0 saturated heterocycles. The van der Waals surface area contributed by atoms with Crippen molar-refractivity contribution in [1.82, 2.24) is 15.0 Å². The maximum absolute atomic E-state index is 6.15. The van der Waals surface area contributed by atoms with Gasteiger partial charge in [0, 0.05) is 12.1 Å². The first-order valence-corrected chi connectivity index (χ1v) is 5.83. The van der Waals surface area contributed by atoms with Crippen LogP contribution in [0.25, 0.3) is 0 Å². The van der Waals surface area contributed by atoms with E-state index in [1.165, 1.54) is 0 Å². The molecule has 0 fully saturated rings. The first kappa shape index (κ1) is 11.6. The Kier molecular flexibility index (Phi) is 3.28. The van der Waals surface area contributed by atoms with Gasteiger partial charge in [-0.05, 0) is 27.6 Å². The van der Waals surface area contributed by atoms with Gasteiger partial charge in [-0.2, -0.15) is 0 Å². The number of halogens is 2. The van der Waals surface area contributed by atoms with Crippen molar-refractivity contribution in [3.8, 4) is 0 Å². The Balaban J connectivity index is 2.47. The topological polar surface area (TPSA) is 56.7 Å². The molecule has 4 nitrogen and oxygen atoms in total. The van der Waals surface area contributed by atoms with E-state index in [2.05, 4.69) is 26.2 Å². The summed E-state index contributed by atoms with van der Waals surface area (Å²) in [5.74, 6) is 0. The number of hydrogen-bond donors (Lipinski definition) is 1. The third kappa shape index (κ3) is 1.98. The largest absolute Gasteiger partial charge is 0.319 e. The van der Waals surface area contributed by atoms with Gasteiger partial charge in [-0.25, -0.2) is 4.68 Å². The molecule has 6 heteroatoms. The first-order chi connectivity index (χ1) is 7.61. The summed E-state index contributed by atoms with van der Waals surface area (Å²) in [4.78, 5) is 0. The fourth-order valence-electron chi connectivity index (χ4n) is 1.54. The van der Waals surface area contributed by atoms with Gasteiger partial charge in [0.2, 0.25) is 0 Å². The third-order valence-corrected chi connectivity index (χ3v) is 3.27. The Hall–Kier alpha value is -0.910. The monoisotopic (exact) mass is 300 g/mol. The van der Waals surface area contributed by atoms with Crippen LogP contribution in [0.3, 0.4) is 0 Å². The Bertz CT molecular complexity index is 492. The Morgan fingerprint density at radius 3 is 2.69 bits per heavy atom. The van der Waals surface area contributed by atoms with Crippen LogP contribution in [0, 0.1) is 0 Å². The van der Waals surface area contributed by atoms with E-state index in [1.807, 2.05) is 24.3 Å². The molecule has 84 valence electrons. The maximum atomic E-state index is 6.15. The molecule has 0 bridgehead atoms. The highest BCUT2D eigenvalue weighted by Crippen LogP contribution is 2.28. The van der Waals surface area contributed by atoms with Crippen molar-refractivity contribution in [1.29, 1.82) is 0 Å². The molecule has 0 aliphatic heterocycles. The van der Waals surface area contributed by atoms with Crippen molar-refractivity contribution in [2.24, 2.45) is 12.8 Å². The van der Waals surface area contributed by atoms with Crippen molar-refractivity contribution in [3.63, 3.8) is 0 Å². The van der Waals surface area contributed by atoms with E-state index < -0.39 is 0 Å². The van der Waals surface area contributed by atoms with Crippen LogP contribution >= 0.6 is 27.5 Å². The predicted octanol–water partition coefficient (Wildman–Crippen LogP) is 2.28. The second-order valence-electron chi connectivity index (χ2n) is 3.39. The zero-order valence-corrected chi connectivity index (χ0v) is 10.9. The van der Waals surface area contributed by atoms with Crippen LogP contribution in [0.1, 0.15) is 17.3 Å². The summed E-state index contributed by atoms with van der Waals surface area (Å²) in [6, 6.07) is 7.14. The summed E-state index contributed by atoms with van der Waals surface area (Å²) in [5, 5.41) is 8.43. The highest BCUT2D eigenvalue weighted by Gasteiger charge is 2.19. The Labute approximate surface area is 107 Å². The van der Waals surface area contributed by atoms with Crippen molar-refractivity contribution < 1.29 is 0 Å². The second kappa shape index (κ2) is 4.53. The Morgan fingerprint density at radius 2 is 2.12 bits per heavy atom. The van der Waals surface area contributed by atoms with Crippen LogP contribution in [-0.4, -0.2) is 15.0 Å². The van der Waals surface area contributed by atoms with Crippen LogP contribution in [0.5, 0.6) is 0 Å². The van der Waals surface area contributed by atoms with Gasteiger partial charge in [-0.15, -0.1) is 5.10 Å². The average Bonchev–Trinajstić information content (AvgIpc) is 2.58. The summed E-state index contributed by atoms with van der Waals surface area (Å²) in [7, 11) is 1.80. The summed E-state index contributed by atoms with van der Waals surface area (Å²) in [5.41, 5.74) is 7.80. The van der Waals surface area contributed by atoms with Gasteiger partial charge in [0.25, 0.3) is 0 Å². The lowest BCUT2D eigenvalue weighted by Crippen LogP contribution is -2.16. The molecule has 16 heavy (non-hydrogen) atoms. The molecule has 2 N–H and O–H groups in total. The highest BCUT2D eigenvalue weighted by atomic mass is 79.9. The third-order valence-electron chi connectivity index (χ3n) is 2.36. The summed E-state index contributed by atoms with van der Waals surface area (Å²) >= 11 is 9.42. The zero-order valence-electron chi connectivity index (χ0n) is 8.56. The Morgan fingerprint density at radius 1 is 1.44 bits per heavy atom. The summed E-state index contributed by atoms with van der Waals surface area (Å²) in [6.45, 7) is 0. The SMILES string of the molecule is Cn1nnc(Br)c1C(N)c1ccccc1Cl. The van der Waals surface area contributed by atoms with Crippen molar-refractivity contribution >= 4 is 27.5 Å². The van der Waals surface area contributed by atoms with Gasteiger partial charge in [-0.3, -0.25) is 0 Å². The lowest BCUT2D eigenvalue weighted by Gasteiger charge is -2.13. The second-order valence-corrected chi connectivity index (χ2v) is 4.55. The molecular formula is C10H10BrClN4. The zero-order chi connectivity index (χ0) is 11.7. The lowest BCUT2D eigenvalue weighted by atomic mass is 10.1. The molecule has 1 heterocycles. The van der Waals surface area contributed by atoms with E-state index in [9.17, 15) is 0 Å². The van der Waals surface area contributed by atoms with Crippen LogP contribution in [0.2, 0.25) is 5.02 Å². The molecule has 1 unspecified atom stereocenters. The minimum absolute atomic E-state index is 0.344. The van der Waals surface area contributed by atoms with Gasteiger partial charge in [0.15, 0.2) is 4.60 Å². The minimum Gasteiger partial charge on any atom is -0.319 e. The molecule has 0 amide bonds. The van der Waals surface area contributed by atoms with Crippen molar-refractivity contribution in [3.05, 3.63) is 45.1 Å². The molecule has 0 aliphatic carbocycles. The molecule has 1 aromatic carbocycles. The van der Waals surface area contributed by atoms with Crippen LogP contribution in [0.15, 0.2) is 28.9 Å². The number of benzene rings is 1. The number of aromatic nitrogens is 3. The van der Waals surface area contributed by atoms with E-state index in [0.29, 0.717) is 9.63 Å². The standard InChI is InChI=1S/C10H10BrClN4/c1-16-9(10(11)14-15-16)8(13)6-4-2-3-5-7(6)12/h2-5,8H,13H2,1H3. The van der Waals surface area contributed by atoms with Gasteiger partial charge < -0.3 is 5.73 Å². The van der Waals surface area contributed by atoms with Gasteiger partial charge >= 0.3 is 0 Å². The smallest absolute Gasteiger partial charge is 0.153 e. The average molecular weight is 302 g/mol. The lowest BCUT2D eigenvalue weighted by molar-refractivity contribution is 0.651. The number of hydrogen-bond acceptors (Lipinski definition) is 3. The van der Waals surface area contributed by atoms with E-state index in [0.717, 1.165) is 11.3 Å². The molecule has 1 atom stereocenters. The van der Waals surface area contributed by atoms with Crippen LogP contribution < -0.4 is 5.73 Å². The fourth-order valence-corrected chi connectivity index (χ4v) is 2.37. The predicted molar refractivity (Wildman–Crippen MR) is 66.2 cm³/mol. The van der Waals surface area contributed by atoms with Crippen LogP contribution in [-0.2, 0) is 7.05 Å².